The van der Waals surface area contributed by atoms with Crippen LogP contribution in [0.25, 0.3) is 0 Å². The summed E-state index contributed by atoms with van der Waals surface area (Å²) in [4.78, 5) is 2.55. The summed E-state index contributed by atoms with van der Waals surface area (Å²) in [5.74, 6) is 0.00780. The lowest BCUT2D eigenvalue weighted by Crippen LogP contribution is -2.17. The lowest BCUT2D eigenvalue weighted by molar-refractivity contribution is 0.142. The molecule has 0 saturated carbocycles. The summed E-state index contributed by atoms with van der Waals surface area (Å²) in [7, 11) is -3.06. The number of hydrogen-bond acceptors (Lipinski definition) is 4. The van der Waals surface area contributed by atoms with Gasteiger partial charge in [-0.1, -0.05) is 0 Å². The van der Waals surface area contributed by atoms with Gasteiger partial charge in [0.25, 0.3) is 6.43 Å². The Hall–Kier alpha value is -0.800. The second-order valence-electron chi connectivity index (χ2n) is 2.70. The molecule has 0 aliphatic heterocycles. The van der Waals surface area contributed by atoms with E-state index >= 15 is 0 Å². The molecule has 16 heavy (non-hydrogen) atoms. The number of ether oxygens (including phenoxy) is 1. The topological polar surface area (TPSA) is 82.3 Å². The summed E-state index contributed by atoms with van der Waals surface area (Å²) in [6.07, 6.45) is -2.06. The summed E-state index contributed by atoms with van der Waals surface area (Å²) < 4.78 is 52.0. The van der Waals surface area contributed by atoms with Crippen molar-refractivity contribution in [1.29, 1.82) is 0 Å². The molecule has 0 spiro atoms. The van der Waals surface area contributed by atoms with Crippen molar-refractivity contribution in [3.63, 3.8) is 0 Å². The molecule has 1 aromatic heterocycles. The Morgan fingerprint density at radius 1 is 1.56 bits per heavy atom. The van der Waals surface area contributed by atoms with Crippen LogP contribution < -0.4 is 9.88 Å². The molecule has 0 aliphatic rings. The molecular formula is C7H7BrF2N2O3S. The molecular weight excluding hydrogens is 310 g/mol. The number of aromatic nitrogens is 1. The molecule has 5 nitrogen and oxygen atoms in total. The predicted molar refractivity (Wildman–Crippen MR) is 54.8 cm³/mol. The van der Waals surface area contributed by atoms with Crippen molar-refractivity contribution >= 4 is 26.0 Å². The number of sulfonamides is 1. The average molecular weight is 317 g/mol. The number of rotatable bonds is 3. The summed E-state index contributed by atoms with van der Waals surface area (Å²) in [5.41, 5.74) is -0.907. The first-order chi connectivity index (χ1) is 7.29. The molecule has 0 radical (unpaired) electrons. The lowest BCUT2D eigenvalue weighted by Gasteiger charge is -2.11. The second kappa shape index (κ2) is 4.60. The van der Waals surface area contributed by atoms with E-state index in [2.05, 4.69) is 20.9 Å². The van der Waals surface area contributed by atoms with Gasteiger partial charge in [-0.15, -0.1) is 0 Å². The standard InChI is InChI=1S/C7H7BrF2N2O3S/c1-15-3-2-12-5(7(9)10)6(4(3)8)16(11,13)14/h2,7H,1H3,(H2,11,13,14). The minimum Gasteiger partial charge on any atom is -0.494 e. The molecule has 0 amide bonds. The van der Waals surface area contributed by atoms with E-state index in [4.69, 9.17) is 9.88 Å². The Bertz CT molecular complexity index is 507. The minimum atomic E-state index is -4.31. The van der Waals surface area contributed by atoms with E-state index in [0.717, 1.165) is 6.20 Å². The molecule has 9 heteroatoms. The number of hydrogen-bond donors (Lipinski definition) is 1. The SMILES string of the molecule is COc1cnc(C(F)F)c(S(N)(=O)=O)c1Br. The molecule has 0 atom stereocenters. The van der Waals surface area contributed by atoms with Crippen molar-refractivity contribution in [3.8, 4) is 5.75 Å². The van der Waals surface area contributed by atoms with Crippen LogP contribution in [0.4, 0.5) is 8.78 Å². The maximum Gasteiger partial charge on any atom is 0.281 e. The van der Waals surface area contributed by atoms with Crippen molar-refractivity contribution < 1.29 is 21.9 Å². The van der Waals surface area contributed by atoms with Crippen LogP contribution in [0.15, 0.2) is 15.6 Å². The van der Waals surface area contributed by atoms with Crippen molar-refractivity contribution in [2.75, 3.05) is 7.11 Å². The van der Waals surface area contributed by atoms with Gasteiger partial charge in [-0.2, -0.15) is 0 Å². The highest BCUT2D eigenvalue weighted by atomic mass is 79.9. The molecule has 1 rings (SSSR count). The van der Waals surface area contributed by atoms with Crippen molar-refractivity contribution in [3.05, 3.63) is 16.4 Å². The third-order valence-electron chi connectivity index (χ3n) is 1.68. The number of alkyl halides is 2. The minimum absolute atomic E-state index is 0.00780. The number of halogens is 3. The molecule has 1 aromatic rings. The van der Waals surface area contributed by atoms with E-state index in [1.54, 1.807) is 0 Å². The van der Waals surface area contributed by atoms with Crippen molar-refractivity contribution in [1.82, 2.24) is 4.98 Å². The van der Waals surface area contributed by atoms with Crippen LogP contribution in [0.5, 0.6) is 5.75 Å². The number of pyridine rings is 1. The molecule has 0 aliphatic carbocycles. The molecule has 0 unspecified atom stereocenters. The van der Waals surface area contributed by atoms with E-state index < -0.39 is 27.0 Å². The van der Waals surface area contributed by atoms with Gasteiger partial charge < -0.3 is 4.74 Å². The first-order valence-electron chi connectivity index (χ1n) is 3.82. The monoisotopic (exact) mass is 316 g/mol. The zero-order valence-electron chi connectivity index (χ0n) is 7.95. The zero-order chi connectivity index (χ0) is 12.5. The van der Waals surface area contributed by atoms with Crippen LogP contribution in [0.2, 0.25) is 0 Å². The van der Waals surface area contributed by atoms with Crippen LogP contribution in [0.1, 0.15) is 12.1 Å². The van der Waals surface area contributed by atoms with Gasteiger partial charge in [0.2, 0.25) is 10.0 Å². The van der Waals surface area contributed by atoms with Gasteiger partial charge in [-0.3, -0.25) is 0 Å². The summed E-state index contributed by atoms with van der Waals surface area (Å²) in [5, 5.41) is 4.83. The molecule has 0 saturated heterocycles. The maximum atomic E-state index is 12.5. The highest BCUT2D eigenvalue weighted by Crippen LogP contribution is 2.35. The smallest absolute Gasteiger partial charge is 0.281 e. The van der Waals surface area contributed by atoms with E-state index in [9.17, 15) is 17.2 Å². The third-order valence-corrected chi connectivity index (χ3v) is 3.71. The summed E-state index contributed by atoms with van der Waals surface area (Å²) >= 11 is 2.84. The molecule has 0 aromatic carbocycles. The fourth-order valence-electron chi connectivity index (χ4n) is 1.04. The Morgan fingerprint density at radius 2 is 2.12 bits per heavy atom. The van der Waals surface area contributed by atoms with Gasteiger partial charge in [0, 0.05) is 0 Å². The van der Waals surface area contributed by atoms with Gasteiger partial charge in [-0.25, -0.2) is 27.3 Å². The number of nitrogens with two attached hydrogens (primary N) is 1. The lowest BCUT2D eigenvalue weighted by atomic mass is 10.3. The van der Waals surface area contributed by atoms with Crippen LogP contribution in [0, 0.1) is 0 Å². The summed E-state index contributed by atoms with van der Waals surface area (Å²) in [6, 6.07) is 0. The van der Waals surface area contributed by atoms with Gasteiger partial charge in [0.1, 0.15) is 10.6 Å². The normalized spacial score (nSPS) is 11.9. The van der Waals surface area contributed by atoms with Crippen molar-refractivity contribution in [2.45, 2.75) is 11.3 Å². The van der Waals surface area contributed by atoms with Gasteiger partial charge in [0.05, 0.1) is 17.8 Å². The van der Waals surface area contributed by atoms with Crippen LogP contribution >= 0.6 is 15.9 Å². The van der Waals surface area contributed by atoms with Crippen molar-refractivity contribution in [2.24, 2.45) is 5.14 Å². The van der Waals surface area contributed by atoms with E-state index in [-0.39, 0.29) is 10.2 Å². The Kier molecular flexibility index (Phi) is 3.81. The molecule has 2 N–H and O–H groups in total. The Morgan fingerprint density at radius 3 is 2.50 bits per heavy atom. The summed E-state index contributed by atoms with van der Waals surface area (Å²) in [6.45, 7) is 0. The first kappa shape index (κ1) is 13.3. The fourth-order valence-corrected chi connectivity index (χ4v) is 2.96. The van der Waals surface area contributed by atoms with Gasteiger partial charge in [-0.05, 0) is 15.9 Å². The Labute approximate surface area is 98.8 Å². The largest absolute Gasteiger partial charge is 0.494 e. The average Bonchev–Trinajstić information content (AvgIpc) is 2.14. The quantitative estimate of drug-likeness (QED) is 0.914. The number of methoxy groups -OCH3 is 1. The molecule has 0 fully saturated rings. The van der Waals surface area contributed by atoms with E-state index in [1.165, 1.54) is 7.11 Å². The van der Waals surface area contributed by atoms with Crippen LogP contribution in [-0.4, -0.2) is 20.5 Å². The first-order valence-corrected chi connectivity index (χ1v) is 6.16. The van der Waals surface area contributed by atoms with E-state index in [1.807, 2.05) is 0 Å². The molecule has 1 heterocycles. The van der Waals surface area contributed by atoms with Crippen LogP contribution in [-0.2, 0) is 10.0 Å². The maximum absolute atomic E-state index is 12.5. The Balaban J connectivity index is 3.63. The molecule has 0 bridgehead atoms. The number of primary sulfonamides is 1. The van der Waals surface area contributed by atoms with Crippen LogP contribution in [0.3, 0.4) is 0 Å². The molecule has 90 valence electrons. The predicted octanol–water partition coefficient (Wildman–Crippen LogP) is 1.44. The highest BCUT2D eigenvalue weighted by molar-refractivity contribution is 9.10. The van der Waals surface area contributed by atoms with Gasteiger partial charge in [0.15, 0.2) is 5.75 Å². The van der Waals surface area contributed by atoms with E-state index in [0.29, 0.717) is 0 Å². The number of nitrogens with zero attached hydrogens (tertiary/aromatic N) is 1. The fraction of sp³-hybridized carbons (Fsp3) is 0.286. The zero-order valence-corrected chi connectivity index (χ0v) is 10.3. The third kappa shape index (κ3) is 2.47. The van der Waals surface area contributed by atoms with Gasteiger partial charge >= 0.3 is 0 Å². The highest BCUT2D eigenvalue weighted by Gasteiger charge is 2.27. The second-order valence-corrected chi connectivity index (χ2v) is 4.99.